The van der Waals surface area contributed by atoms with Crippen LogP contribution in [0.2, 0.25) is 5.02 Å². The summed E-state index contributed by atoms with van der Waals surface area (Å²) < 4.78 is 7.77. The summed E-state index contributed by atoms with van der Waals surface area (Å²) in [5.74, 6) is 1.68. The number of rotatable bonds is 7. The lowest BCUT2D eigenvalue weighted by molar-refractivity contribution is -0.119. The molecule has 1 amide bonds. The van der Waals surface area contributed by atoms with E-state index in [0.29, 0.717) is 33.5 Å². The molecule has 0 spiro atoms. The first-order valence-corrected chi connectivity index (χ1v) is 10.6. The first-order chi connectivity index (χ1) is 13.0. The molecule has 1 heterocycles. The number of thioether (sulfide) groups is 1. The number of carbonyl (C=O) groups is 1. The number of benzene rings is 1. The van der Waals surface area contributed by atoms with Crippen molar-refractivity contribution in [1.29, 1.82) is 0 Å². The molecule has 1 unspecified atom stereocenters. The van der Waals surface area contributed by atoms with Crippen LogP contribution >= 0.6 is 23.4 Å². The van der Waals surface area contributed by atoms with Crippen molar-refractivity contribution in [2.24, 2.45) is 7.05 Å². The van der Waals surface area contributed by atoms with Gasteiger partial charge in [-0.3, -0.25) is 4.79 Å². The van der Waals surface area contributed by atoms with Gasteiger partial charge in [0.1, 0.15) is 5.75 Å². The average Bonchev–Trinajstić information content (AvgIpc) is 3.03. The van der Waals surface area contributed by atoms with Crippen molar-refractivity contribution in [3.05, 3.63) is 35.1 Å². The van der Waals surface area contributed by atoms with Gasteiger partial charge in [0.15, 0.2) is 17.1 Å². The molecule has 3 rings (SSSR count). The lowest BCUT2D eigenvalue weighted by Gasteiger charge is -2.22. The van der Waals surface area contributed by atoms with Gasteiger partial charge in [0.25, 0.3) is 0 Å². The molecule has 1 N–H and O–H groups in total. The number of aromatic nitrogens is 3. The van der Waals surface area contributed by atoms with Gasteiger partial charge in [-0.2, -0.15) is 0 Å². The van der Waals surface area contributed by atoms with E-state index in [4.69, 9.17) is 16.3 Å². The van der Waals surface area contributed by atoms with Crippen molar-refractivity contribution >= 4 is 29.3 Å². The summed E-state index contributed by atoms with van der Waals surface area (Å²) in [6.45, 7) is 1.90. The van der Waals surface area contributed by atoms with E-state index in [1.807, 2.05) is 36.7 Å². The molecule has 1 aliphatic carbocycles. The highest BCUT2D eigenvalue weighted by Gasteiger charge is 2.20. The molecule has 1 saturated carbocycles. The van der Waals surface area contributed by atoms with Gasteiger partial charge in [-0.15, -0.1) is 10.2 Å². The first kappa shape index (κ1) is 20.0. The minimum atomic E-state index is -0.312. The highest BCUT2D eigenvalue weighted by molar-refractivity contribution is 7.99. The van der Waals surface area contributed by atoms with Crippen molar-refractivity contribution in [3.8, 4) is 5.75 Å². The number of hydrogen-bond acceptors (Lipinski definition) is 5. The van der Waals surface area contributed by atoms with Crippen molar-refractivity contribution < 1.29 is 9.53 Å². The maximum atomic E-state index is 12.2. The summed E-state index contributed by atoms with van der Waals surface area (Å²) in [7, 11) is 1.88. The zero-order valence-electron chi connectivity index (χ0n) is 15.7. The zero-order valence-corrected chi connectivity index (χ0v) is 17.2. The normalized spacial score (nSPS) is 16.1. The van der Waals surface area contributed by atoms with Gasteiger partial charge in [-0.1, -0.05) is 54.8 Å². The molecular formula is C19H25ClN4O2S. The Kier molecular flexibility index (Phi) is 7.01. The number of carbonyl (C=O) groups excluding carboxylic acids is 1. The lowest BCUT2D eigenvalue weighted by Crippen LogP contribution is -2.37. The molecule has 1 atom stereocenters. The third kappa shape index (κ3) is 5.39. The van der Waals surface area contributed by atoms with Crippen molar-refractivity contribution in [3.63, 3.8) is 0 Å². The van der Waals surface area contributed by atoms with E-state index in [0.717, 1.165) is 12.8 Å². The quantitative estimate of drug-likeness (QED) is 0.697. The molecule has 6 nitrogen and oxygen atoms in total. The molecule has 27 heavy (non-hydrogen) atoms. The number of ether oxygens (including phenoxy) is 1. The first-order valence-electron chi connectivity index (χ1n) is 9.27. The van der Waals surface area contributed by atoms with Gasteiger partial charge in [-0.05, 0) is 31.9 Å². The molecule has 1 aromatic heterocycles. The van der Waals surface area contributed by atoms with Crippen LogP contribution in [0.1, 0.15) is 51.0 Å². The summed E-state index contributed by atoms with van der Waals surface area (Å²) in [5, 5.41) is 12.8. The van der Waals surface area contributed by atoms with Crippen LogP contribution in [0, 0.1) is 0 Å². The van der Waals surface area contributed by atoms with Gasteiger partial charge in [-0.25, -0.2) is 0 Å². The minimum absolute atomic E-state index is 0.0526. The zero-order chi connectivity index (χ0) is 19.2. The SMILES string of the molecule is CC(Oc1ccccc1Cl)c1nnc(SCC(=O)NC2CCCCC2)n1C. The van der Waals surface area contributed by atoms with Crippen LogP contribution in [0.25, 0.3) is 0 Å². The summed E-state index contributed by atoms with van der Waals surface area (Å²) in [6.07, 6.45) is 5.54. The Labute approximate surface area is 169 Å². The fourth-order valence-corrected chi connectivity index (χ4v) is 4.15. The Morgan fingerprint density at radius 3 is 2.81 bits per heavy atom. The summed E-state index contributed by atoms with van der Waals surface area (Å²) in [5.41, 5.74) is 0. The number of amides is 1. The monoisotopic (exact) mass is 408 g/mol. The molecule has 0 aliphatic heterocycles. The average molecular weight is 409 g/mol. The fourth-order valence-electron chi connectivity index (χ4n) is 3.24. The summed E-state index contributed by atoms with van der Waals surface area (Å²) >= 11 is 7.54. The Hall–Kier alpha value is -1.73. The van der Waals surface area contributed by atoms with E-state index < -0.39 is 0 Å². The van der Waals surface area contributed by atoms with E-state index in [1.54, 1.807) is 6.07 Å². The van der Waals surface area contributed by atoms with E-state index in [9.17, 15) is 4.79 Å². The Balaban J connectivity index is 1.54. The second-order valence-electron chi connectivity index (χ2n) is 6.78. The van der Waals surface area contributed by atoms with Crippen molar-refractivity contribution in [1.82, 2.24) is 20.1 Å². The van der Waals surface area contributed by atoms with Crippen LogP contribution in [0.15, 0.2) is 29.4 Å². The predicted octanol–water partition coefficient (Wildman–Crippen LogP) is 4.15. The van der Waals surface area contributed by atoms with Crippen LogP contribution in [0.5, 0.6) is 5.75 Å². The van der Waals surface area contributed by atoms with Crippen LogP contribution < -0.4 is 10.1 Å². The molecule has 1 fully saturated rings. The second-order valence-corrected chi connectivity index (χ2v) is 8.13. The van der Waals surface area contributed by atoms with E-state index in [1.165, 1.54) is 31.0 Å². The van der Waals surface area contributed by atoms with Gasteiger partial charge in [0.05, 0.1) is 10.8 Å². The highest BCUT2D eigenvalue weighted by Crippen LogP contribution is 2.29. The maximum absolute atomic E-state index is 12.2. The van der Waals surface area contributed by atoms with E-state index >= 15 is 0 Å². The van der Waals surface area contributed by atoms with Crippen LogP contribution in [0.4, 0.5) is 0 Å². The highest BCUT2D eigenvalue weighted by atomic mass is 35.5. The molecule has 146 valence electrons. The largest absolute Gasteiger partial charge is 0.481 e. The standard InChI is InChI=1S/C19H25ClN4O2S/c1-13(26-16-11-7-6-10-15(16)20)18-22-23-19(24(18)2)27-12-17(25)21-14-8-4-3-5-9-14/h6-7,10-11,13-14H,3-5,8-9,12H2,1-2H3,(H,21,25). The number of para-hydroxylation sites is 1. The molecule has 0 saturated heterocycles. The molecular weight excluding hydrogens is 384 g/mol. The Morgan fingerprint density at radius 1 is 1.33 bits per heavy atom. The predicted molar refractivity (Wildman–Crippen MR) is 107 cm³/mol. The smallest absolute Gasteiger partial charge is 0.230 e. The Bertz CT molecular complexity index is 777. The van der Waals surface area contributed by atoms with Crippen molar-refractivity contribution in [2.75, 3.05) is 5.75 Å². The lowest BCUT2D eigenvalue weighted by atomic mass is 9.95. The number of hydrogen-bond donors (Lipinski definition) is 1. The molecule has 1 aliphatic rings. The van der Waals surface area contributed by atoms with Gasteiger partial charge >= 0.3 is 0 Å². The van der Waals surface area contributed by atoms with Crippen molar-refractivity contribution in [2.45, 2.75) is 56.3 Å². The van der Waals surface area contributed by atoms with Crippen LogP contribution in [0.3, 0.4) is 0 Å². The fraction of sp³-hybridized carbons (Fsp3) is 0.526. The van der Waals surface area contributed by atoms with Gasteiger partial charge in [0, 0.05) is 13.1 Å². The third-order valence-corrected chi connectivity index (χ3v) is 6.01. The second kappa shape index (κ2) is 9.46. The molecule has 0 radical (unpaired) electrons. The van der Waals surface area contributed by atoms with E-state index in [2.05, 4.69) is 15.5 Å². The topological polar surface area (TPSA) is 69.0 Å². The number of nitrogens with one attached hydrogen (secondary N) is 1. The molecule has 8 heteroatoms. The van der Waals surface area contributed by atoms with Gasteiger partial charge < -0.3 is 14.6 Å². The molecule has 0 bridgehead atoms. The third-order valence-electron chi connectivity index (χ3n) is 4.68. The maximum Gasteiger partial charge on any atom is 0.230 e. The summed E-state index contributed by atoms with van der Waals surface area (Å²) in [4.78, 5) is 12.2. The molecule has 1 aromatic carbocycles. The molecule has 2 aromatic rings. The Morgan fingerprint density at radius 2 is 2.07 bits per heavy atom. The van der Waals surface area contributed by atoms with Gasteiger partial charge in [0.2, 0.25) is 5.91 Å². The number of nitrogens with zero attached hydrogens (tertiary/aromatic N) is 3. The van der Waals surface area contributed by atoms with Crippen LogP contribution in [-0.4, -0.2) is 32.5 Å². The number of halogens is 1. The van der Waals surface area contributed by atoms with Crippen LogP contribution in [-0.2, 0) is 11.8 Å². The van der Waals surface area contributed by atoms with E-state index in [-0.39, 0.29) is 12.0 Å². The summed E-state index contributed by atoms with van der Waals surface area (Å²) in [6, 6.07) is 7.66. The minimum Gasteiger partial charge on any atom is -0.481 e.